The number of phenols is 1. The largest absolute Gasteiger partial charge is 0.508 e. The van der Waals surface area contributed by atoms with Gasteiger partial charge in [-0.3, -0.25) is 0 Å². The molecule has 0 spiro atoms. The Bertz CT molecular complexity index is 1040. The monoisotopic (exact) mass is 412 g/mol. The van der Waals surface area contributed by atoms with Crippen molar-refractivity contribution in [3.05, 3.63) is 76.9 Å². The number of aliphatic hydroxyl groups is 1. The van der Waals surface area contributed by atoms with Crippen LogP contribution in [0, 0.1) is 0 Å². The lowest BCUT2D eigenvalue weighted by Crippen LogP contribution is -2.19. The zero-order chi connectivity index (χ0) is 20.4. The number of hydrogen-bond acceptors (Lipinski definition) is 5. The van der Waals surface area contributed by atoms with Gasteiger partial charge in [-0.2, -0.15) is 0 Å². The molecule has 5 nitrogen and oxygen atoms in total. The van der Waals surface area contributed by atoms with Crippen molar-refractivity contribution in [2.24, 2.45) is 0 Å². The van der Waals surface area contributed by atoms with Crippen LogP contribution in [-0.2, 0) is 14.6 Å². The molecule has 1 saturated heterocycles. The average Bonchev–Trinajstić information content (AvgIpc) is 3.26. The smallest absolute Gasteiger partial charge is 0.163 e. The van der Waals surface area contributed by atoms with Crippen LogP contribution >= 0.6 is 0 Å². The lowest BCUT2D eigenvalue weighted by Gasteiger charge is -2.15. The number of ether oxygens (including phenoxy) is 1. The fraction of sp³-hybridized carbons (Fsp3) is 0.304. The van der Waals surface area contributed by atoms with E-state index in [0.29, 0.717) is 18.4 Å². The van der Waals surface area contributed by atoms with Crippen molar-refractivity contribution >= 4 is 21.5 Å². The second-order valence-electron chi connectivity index (χ2n) is 7.50. The van der Waals surface area contributed by atoms with Crippen LogP contribution in [0.15, 0.2) is 65.7 Å². The summed E-state index contributed by atoms with van der Waals surface area (Å²) in [5.41, 5.74) is 4.54. The summed E-state index contributed by atoms with van der Waals surface area (Å²) >= 11 is 0. The molecule has 4 rings (SSSR count). The topological polar surface area (TPSA) is 83.8 Å². The summed E-state index contributed by atoms with van der Waals surface area (Å²) in [6.45, 7) is -0.0615. The van der Waals surface area contributed by atoms with Gasteiger partial charge in [0.15, 0.2) is 9.84 Å². The Hall–Kier alpha value is -2.41. The number of sulfone groups is 1. The van der Waals surface area contributed by atoms with Crippen LogP contribution in [0.5, 0.6) is 5.75 Å². The number of aliphatic hydroxyl groups excluding tert-OH is 1. The highest BCUT2D eigenvalue weighted by molar-refractivity contribution is 7.92. The van der Waals surface area contributed by atoms with E-state index in [1.807, 2.05) is 42.5 Å². The maximum absolute atomic E-state index is 12.3. The van der Waals surface area contributed by atoms with Crippen molar-refractivity contribution < 1.29 is 23.4 Å². The van der Waals surface area contributed by atoms with Crippen LogP contribution < -0.4 is 0 Å². The number of fused-ring (bicyclic) bond motifs is 1. The first-order valence-corrected chi connectivity index (χ1v) is 11.4. The minimum Gasteiger partial charge on any atom is -0.508 e. The van der Waals surface area contributed by atoms with Crippen LogP contribution in [0.4, 0.5) is 0 Å². The molecule has 0 unspecified atom stereocenters. The first kappa shape index (κ1) is 19.9. The number of benzene rings is 2. The molecular formula is C23H24O5S. The lowest BCUT2D eigenvalue weighted by molar-refractivity contribution is 0.118. The van der Waals surface area contributed by atoms with E-state index in [1.165, 1.54) is 0 Å². The van der Waals surface area contributed by atoms with Crippen molar-refractivity contribution in [2.75, 3.05) is 19.0 Å². The van der Waals surface area contributed by atoms with Crippen LogP contribution in [0.25, 0.3) is 11.6 Å². The summed E-state index contributed by atoms with van der Waals surface area (Å²) in [6.07, 6.45) is 3.13. The zero-order valence-electron chi connectivity index (χ0n) is 16.0. The molecule has 2 heterocycles. The number of hydrogen-bond donors (Lipinski definition) is 2. The van der Waals surface area contributed by atoms with E-state index in [0.717, 1.165) is 22.3 Å². The van der Waals surface area contributed by atoms with Crippen LogP contribution in [0.3, 0.4) is 0 Å². The second kappa shape index (κ2) is 8.14. The lowest BCUT2D eigenvalue weighted by atomic mass is 9.93. The summed E-state index contributed by atoms with van der Waals surface area (Å²) < 4.78 is 30.5. The minimum absolute atomic E-state index is 0.0573. The fourth-order valence-corrected chi connectivity index (χ4v) is 6.09. The van der Waals surface area contributed by atoms with Gasteiger partial charge in [-0.25, -0.2) is 8.42 Å². The van der Waals surface area contributed by atoms with E-state index >= 15 is 0 Å². The van der Waals surface area contributed by atoms with Crippen molar-refractivity contribution in [3.8, 4) is 5.75 Å². The fourth-order valence-electron chi connectivity index (χ4n) is 4.16. The Morgan fingerprint density at radius 2 is 1.83 bits per heavy atom. The van der Waals surface area contributed by atoms with Gasteiger partial charge in [-0.15, -0.1) is 0 Å². The molecule has 0 aliphatic carbocycles. The Balaban J connectivity index is 1.59. The number of allylic oxidation sites excluding steroid dienone is 1. The predicted molar refractivity (Wildman–Crippen MR) is 113 cm³/mol. The van der Waals surface area contributed by atoms with Gasteiger partial charge in [-0.1, -0.05) is 48.5 Å². The molecule has 0 saturated carbocycles. The van der Waals surface area contributed by atoms with E-state index in [9.17, 15) is 18.6 Å². The molecule has 2 aliphatic rings. The van der Waals surface area contributed by atoms with Crippen molar-refractivity contribution in [2.45, 2.75) is 24.2 Å². The molecule has 2 aromatic rings. The first-order valence-electron chi connectivity index (χ1n) is 9.69. The maximum atomic E-state index is 12.3. The normalized spacial score (nSPS) is 23.4. The molecular weight excluding hydrogens is 388 g/mol. The highest BCUT2D eigenvalue weighted by atomic mass is 32.2. The van der Waals surface area contributed by atoms with Crippen LogP contribution in [-0.4, -0.2) is 49.0 Å². The molecule has 0 aromatic heterocycles. The third-order valence-corrected chi connectivity index (χ3v) is 7.61. The van der Waals surface area contributed by atoms with E-state index in [1.54, 1.807) is 12.1 Å². The van der Waals surface area contributed by atoms with Gasteiger partial charge in [0.1, 0.15) is 11.0 Å². The summed E-state index contributed by atoms with van der Waals surface area (Å²) in [5, 5.41) is 18.5. The zero-order valence-corrected chi connectivity index (χ0v) is 16.8. The van der Waals surface area contributed by atoms with Gasteiger partial charge in [0.05, 0.1) is 25.1 Å². The number of phenolic OH excluding ortho intramolecular Hbond substituents is 1. The quantitative estimate of drug-likeness (QED) is 0.562. The van der Waals surface area contributed by atoms with Gasteiger partial charge in [0.25, 0.3) is 0 Å². The number of aromatic hydroxyl groups is 1. The summed E-state index contributed by atoms with van der Waals surface area (Å²) in [6, 6.07) is 17.0. The van der Waals surface area contributed by atoms with Gasteiger partial charge in [0.2, 0.25) is 0 Å². The summed E-state index contributed by atoms with van der Waals surface area (Å²) in [5.74, 6) is 0.165. The van der Waals surface area contributed by atoms with Crippen molar-refractivity contribution in [1.82, 2.24) is 0 Å². The highest BCUT2D eigenvalue weighted by Crippen LogP contribution is 2.39. The summed E-state index contributed by atoms with van der Waals surface area (Å²) in [7, 11) is -3.26. The maximum Gasteiger partial charge on any atom is 0.163 e. The van der Waals surface area contributed by atoms with Gasteiger partial charge < -0.3 is 14.9 Å². The molecule has 2 N–H and O–H groups in total. The highest BCUT2D eigenvalue weighted by Gasteiger charge is 2.46. The Kier molecular flexibility index (Phi) is 5.58. The minimum atomic E-state index is -3.26. The molecule has 2 atom stereocenters. The molecule has 29 heavy (non-hydrogen) atoms. The molecule has 6 heteroatoms. The SMILES string of the molecule is O=S1(=O)CC(CO)=C2[C@@H](CC/C(=C/c3ccc(O)cc3)c3ccccc3)OC[C@@H]21. The van der Waals surface area contributed by atoms with Crippen molar-refractivity contribution in [1.29, 1.82) is 0 Å². The molecule has 2 aliphatic heterocycles. The van der Waals surface area contributed by atoms with Crippen LogP contribution in [0.2, 0.25) is 0 Å². The Labute approximate surface area is 170 Å². The Morgan fingerprint density at radius 1 is 1.10 bits per heavy atom. The van der Waals surface area contributed by atoms with Gasteiger partial charge >= 0.3 is 0 Å². The molecule has 0 bridgehead atoms. The van der Waals surface area contributed by atoms with Crippen LogP contribution in [0.1, 0.15) is 24.0 Å². The molecule has 0 radical (unpaired) electrons. The number of rotatable bonds is 6. The van der Waals surface area contributed by atoms with Gasteiger partial charge in [-0.05, 0) is 52.8 Å². The van der Waals surface area contributed by atoms with E-state index < -0.39 is 15.1 Å². The summed E-state index contributed by atoms with van der Waals surface area (Å²) in [4.78, 5) is 0. The molecule has 2 aromatic carbocycles. The molecule has 152 valence electrons. The van der Waals surface area contributed by atoms with E-state index in [2.05, 4.69) is 6.08 Å². The molecule has 1 fully saturated rings. The molecule has 0 amide bonds. The first-order chi connectivity index (χ1) is 14.0. The van der Waals surface area contributed by atoms with Crippen molar-refractivity contribution in [3.63, 3.8) is 0 Å². The van der Waals surface area contributed by atoms with Gasteiger partial charge in [0, 0.05) is 0 Å². The second-order valence-corrected chi connectivity index (χ2v) is 9.68. The third-order valence-electron chi connectivity index (χ3n) is 5.60. The standard InChI is InChI=1S/C23H24O5S/c24-13-19-15-29(26,27)22-14-28-21(23(19)22)11-8-18(17-4-2-1-3-5-17)12-16-6-9-20(25)10-7-16/h1-7,9-10,12,21-22,24-25H,8,11,13-15H2/b18-12-/t21-,22+/m1/s1. The average molecular weight is 413 g/mol. The van der Waals surface area contributed by atoms with E-state index in [4.69, 9.17) is 4.74 Å². The predicted octanol–water partition coefficient (Wildman–Crippen LogP) is 3.20. The Morgan fingerprint density at radius 3 is 2.52 bits per heavy atom. The van der Waals surface area contributed by atoms with E-state index in [-0.39, 0.29) is 30.8 Å². The third kappa shape index (κ3) is 4.15.